The van der Waals surface area contributed by atoms with Crippen LogP contribution in [-0.2, 0) is 18.4 Å². The number of nitrogens with zero attached hydrogens (tertiary/aromatic N) is 4. The van der Waals surface area contributed by atoms with Crippen molar-refractivity contribution >= 4 is 39.0 Å². The number of carbonyl (C=O) groups excluding carboxylic acids is 1. The highest BCUT2D eigenvalue weighted by Gasteiger charge is 2.42. The van der Waals surface area contributed by atoms with Crippen molar-refractivity contribution in [1.29, 1.82) is 0 Å². The number of piperidine rings is 1. The first-order valence-electron chi connectivity index (χ1n) is 11.4. The van der Waals surface area contributed by atoms with Gasteiger partial charge in [-0.15, -0.1) is 0 Å². The van der Waals surface area contributed by atoms with Crippen molar-refractivity contribution in [2.45, 2.75) is 25.6 Å². The number of benzene rings is 2. The maximum Gasteiger partial charge on any atom is 0.393 e. The Kier molecular flexibility index (Phi) is 5.74. The van der Waals surface area contributed by atoms with E-state index in [0.717, 1.165) is 16.6 Å². The molecule has 1 fully saturated rings. The van der Waals surface area contributed by atoms with E-state index in [1.807, 2.05) is 31.3 Å². The minimum Gasteiger partial charge on any atom is -0.355 e. The number of nitrogens with one attached hydrogen (secondary N) is 1. The number of aryl methyl sites for hydroxylation is 1. The van der Waals surface area contributed by atoms with Crippen molar-refractivity contribution in [3.05, 3.63) is 65.2 Å². The van der Waals surface area contributed by atoms with E-state index in [1.165, 1.54) is 15.7 Å². The summed E-state index contributed by atoms with van der Waals surface area (Å²) < 4.78 is 42.5. The predicted octanol–water partition coefficient (Wildman–Crippen LogP) is 4.43. The van der Waals surface area contributed by atoms with Gasteiger partial charge in [0.25, 0.3) is 5.56 Å². The molecule has 1 N–H and O–H groups in total. The highest BCUT2D eigenvalue weighted by atomic mass is 19.4. The molecule has 3 heterocycles. The van der Waals surface area contributed by atoms with Crippen LogP contribution in [0.15, 0.2) is 59.7 Å². The van der Waals surface area contributed by atoms with E-state index in [2.05, 4.69) is 10.4 Å². The number of fused-ring (bicyclic) bond motifs is 2. The Morgan fingerprint density at radius 1 is 1.17 bits per heavy atom. The smallest absolute Gasteiger partial charge is 0.355 e. The number of anilines is 2. The summed E-state index contributed by atoms with van der Waals surface area (Å²) in [7, 11) is 1.86. The number of rotatable bonds is 4. The first kappa shape index (κ1) is 22.9. The lowest BCUT2D eigenvalue weighted by atomic mass is 9.97. The molecule has 1 aliphatic rings. The first-order valence-corrected chi connectivity index (χ1v) is 11.4. The van der Waals surface area contributed by atoms with Gasteiger partial charge < -0.3 is 14.8 Å². The zero-order valence-corrected chi connectivity index (χ0v) is 19.0. The molecule has 1 aliphatic heterocycles. The van der Waals surface area contributed by atoms with Gasteiger partial charge in [-0.05, 0) is 48.6 Å². The lowest BCUT2D eigenvalue weighted by molar-refractivity contribution is -0.188. The number of likely N-dealkylation sites (tertiary alicyclic amines) is 1. The number of carbonyl (C=O) groups is 1. The topological polar surface area (TPSA) is 72.2 Å². The molecule has 5 rings (SSSR count). The fraction of sp³-hybridized carbons (Fsp3) is 0.320. The fourth-order valence-corrected chi connectivity index (χ4v) is 4.67. The Balaban J connectivity index is 1.42. The number of halogens is 3. The zero-order chi connectivity index (χ0) is 24.7. The van der Waals surface area contributed by atoms with Crippen LogP contribution in [0.5, 0.6) is 0 Å². The van der Waals surface area contributed by atoms with Gasteiger partial charge in [0.05, 0.1) is 28.7 Å². The van der Waals surface area contributed by atoms with Gasteiger partial charge >= 0.3 is 6.18 Å². The minimum absolute atomic E-state index is 0.0169. The molecule has 0 aliphatic carbocycles. The lowest BCUT2D eigenvalue weighted by Gasteiger charge is -2.33. The summed E-state index contributed by atoms with van der Waals surface area (Å²) in [6.45, 7) is -0.416. The molecule has 0 radical (unpaired) electrons. The number of hydrogen-bond acceptors (Lipinski definition) is 4. The van der Waals surface area contributed by atoms with E-state index in [9.17, 15) is 22.8 Å². The molecular weight excluding hydrogens is 459 g/mol. The van der Waals surface area contributed by atoms with Crippen LogP contribution >= 0.6 is 0 Å². The van der Waals surface area contributed by atoms with Crippen LogP contribution in [0.3, 0.4) is 0 Å². The summed E-state index contributed by atoms with van der Waals surface area (Å²) in [6.07, 6.45) is -0.759. The van der Waals surface area contributed by atoms with Gasteiger partial charge in [-0.1, -0.05) is 12.1 Å². The molecule has 182 valence electrons. The van der Waals surface area contributed by atoms with Crippen molar-refractivity contribution in [3.63, 3.8) is 0 Å². The van der Waals surface area contributed by atoms with Gasteiger partial charge in [0.2, 0.25) is 5.91 Å². The van der Waals surface area contributed by atoms with Crippen molar-refractivity contribution in [2.75, 3.05) is 18.4 Å². The second-order valence-electron chi connectivity index (χ2n) is 8.91. The summed E-state index contributed by atoms with van der Waals surface area (Å²) in [5.74, 6) is -2.02. The average Bonchev–Trinajstić information content (AvgIpc) is 3.20. The molecule has 1 unspecified atom stereocenters. The minimum atomic E-state index is -4.34. The van der Waals surface area contributed by atoms with Gasteiger partial charge in [-0.25, -0.2) is 0 Å². The number of hydrogen-bond donors (Lipinski definition) is 1. The SMILES string of the molecule is Cn1ncc2cc(Nc3cccc4ccn(CC(=O)N5CCCC(C(F)(F)F)C5)c(=O)c34)ccc21. The molecule has 1 saturated heterocycles. The maximum atomic E-state index is 13.4. The molecule has 10 heteroatoms. The molecule has 2 aromatic carbocycles. The normalized spacial score (nSPS) is 16.7. The highest BCUT2D eigenvalue weighted by molar-refractivity contribution is 5.95. The van der Waals surface area contributed by atoms with Crippen molar-refractivity contribution in [3.8, 4) is 0 Å². The Labute approximate surface area is 198 Å². The Bertz CT molecular complexity index is 1470. The van der Waals surface area contributed by atoms with E-state index >= 15 is 0 Å². The third-order valence-electron chi connectivity index (χ3n) is 6.57. The van der Waals surface area contributed by atoms with Crippen LogP contribution in [0.25, 0.3) is 21.7 Å². The first-order chi connectivity index (χ1) is 16.7. The van der Waals surface area contributed by atoms with Crippen molar-refractivity contribution in [2.24, 2.45) is 13.0 Å². The van der Waals surface area contributed by atoms with Crippen LogP contribution in [0.4, 0.5) is 24.5 Å². The third kappa shape index (κ3) is 4.48. The summed E-state index contributed by atoms with van der Waals surface area (Å²) in [5, 5.41) is 9.57. The quantitative estimate of drug-likeness (QED) is 0.466. The highest BCUT2D eigenvalue weighted by Crippen LogP contribution is 2.33. The second-order valence-corrected chi connectivity index (χ2v) is 8.91. The lowest BCUT2D eigenvalue weighted by Crippen LogP contribution is -2.46. The third-order valence-corrected chi connectivity index (χ3v) is 6.57. The molecule has 7 nitrogen and oxygen atoms in total. The van der Waals surface area contributed by atoms with E-state index in [0.29, 0.717) is 16.5 Å². The van der Waals surface area contributed by atoms with Gasteiger partial charge in [0.15, 0.2) is 0 Å². The second kappa shape index (κ2) is 8.75. The van der Waals surface area contributed by atoms with Crippen LogP contribution < -0.4 is 10.9 Å². The van der Waals surface area contributed by atoms with Gasteiger partial charge in [-0.3, -0.25) is 14.3 Å². The molecule has 1 amide bonds. The summed E-state index contributed by atoms with van der Waals surface area (Å²) in [6, 6.07) is 12.9. The van der Waals surface area contributed by atoms with E-state index < -0.39 is 18.0 Å². The molecule has 2 aromatic heterocycles. The maximum absolute atomic E-state index is 13.4. The molecule has 35 heavy (non-hydrogen) atoms. The van der Waals surface area contributed by atoms with Gasteiger partial charge in [0, 0.05) is 37.4 Å². The fourth-order valence-electron chi connectivity index (χ4n) is 4.67. The summed E-state index contributed by atoms with van der Waals surface area (Å²) >= 11 is 0. The molecule has 0 saturated carbocycles. The van der Waals surface area contributed by atoms with Crippen LogP contribution in [-0.4, -0.2) is 44.4 Å². The number of pyridine rings is 1. The van der Waals surface area contributed by atoms with E-state index in [1.54, 1.807) is 29.1 Å². The summed E-state index contributed by atoms with van der Waals surface area (Å²) in [5.41, 5.74) is 1.94. The summed E-state index contributed by atoms with van der Waals surface area (Å²) in [4.78, 5) is 27.4. The predicted molar refractivity (Wildman–Crippen MR) is 128 cm³/mol. The number of amides is 1. The van der Waals surface area contributed by atoms with Crippen LogP contribution in [0.2, 0.25) is 0 Å². The van der Waals surface area contributed by atoms with E-state index in [4.69, 9.17) is 0 Å². The molecular formula is C25H24F3N5O2. The van der Waals surface area contributed by atoms with Gasteiger partial charge in [0.1, 0.15) is 6.54 Å². The van der Waals surface area contributed by atoms with Gasteiger partial charge in [-0.2, -0.15) is 18.3 Å². The van der Waals surface area contributed by atoms with Crippen molar-refractivity contribution < 1.29 is 18.0 Å². The molecule has 0 bridgehead atoms. The monoisotopic (exact) mass is 483 g/mol. The number of alkyl halides is 3. The average molecular weight is 483 g/mol. The van der Waals surface area contributed by atoms with Crippen LogP contribution in [0, 0.1) is 5.92 Å². The molecule has 0 spiro atoms. The molecule has 4 aromatic rings. The van der Waals surface area contributed by atoms with Crippen LogP contribution in [0.1, 0.15) is 12.8 Å². The van der Waals surface area contributed by atoms with Crippen molar-refractivity contribution in [1.82, 2.24) is 19.2 Å². The Hall–Kier alpha value is -3.82. The Morgan fingerprint density at radius 3 is 2.80 bits per heavy atom. The van der Waals surface area contributed by atoms with E-state index in [-0.39, 0.29) is 38.0 Å². The largest absolute Gasteiger partial charge is 0.393 e. The number of aromatic nitrogens is 3. The Morgan fingerprint density at radius 2 is 2.00 bits per heavy atom. The standard InChI is InChI=1S/C25H24F3N5O2/c1-31-21-8-7-19(12-17(21)13-29-31)30-20-6-2-4-16-9-11-33(24(35)23(16)20)15-22(34)32-10-3-5-18(14-32)25(26,27)28/h2,4,6-9,11-13,18,30H,3,5,10,14-15H2,1H3. The zero-order valence-electron chi connectivity index (χ0n) is 19.0. The molecule has 1 atom stereocenters.